The van der Waals surface area contributed by atoms with Gasteiger partial charge in [0.05, 0.1) is 39.7 Å². The predicted molar refractivity (Wildman–Crippen MR) is 121 cm³/mol. The highest BCUT2D eigenvalue weighted by atomic mass is 32.1. The quantitative estimate of drug-likeness (QED) is 0.115. The third kappa shape index (κ3) is 5.82. The zero-order valence-corrected chi connectivity index (χ0v) is 17.8. The van der Waals surface area contributed by atoms with Crippen LogP contribution in [0.25, 0.3) is 10.2 Å². The number of allylic oxidation sites excluding steroid dienone is 2. The lowest BCUT2D eigenvalue weighted by Crippen LogP contribution is -2.10. The highest BCUT2D eigenvalue weighted by Gasteiger charge is 2.16. The van der Waals surface area contributed by atoms with Crippen molar-refractivity contribution in [1.82, 2.24) is 15.7 Å². The van der Waals surface area contributed by atoms with Crippen molar-refractivity contribution in [3.8, 4) is 0 Å². The van der Waals surface area contributed by atoms with Crippen LogP contribution in [0.5, 0.6) is 0 Å². The van der Waals surface area contributed by atoms with Gasteiger partial charge in [-0.25, -0.2) is 9.98 Å². The highest BCUT2D eigenvalue weighted by molar-refractivity contribution is 7.21. The Kier molecular flexibility index (Phi) is 7.79. The minimum Gasteiger partial charge on any atom is -0.377 e. The van der Waals surface area contributed by atoms with E-state index in [4.69, 9.17) is 0 Å². The second-order valence-electron chi connectivity index (χ2n) is 6.40. The summed E-state index contributed by atoms with van der Waals surface area (Å²) in [5.74, 6) is 0. The number of aldehydes is 1. The van der Waals surface area contributed by atoms with Crippen molar-refractivity contribution in [1.29, 1.82) is 0 Å². The van der Waals surface area contributed by atoms with Crippen LogP contribution in [0.15, 0.2) is 64.3 Å². The monoisotopic (exact) mass is 411 g/mol. The zero-order valence-electron chi connectivity index (χ0n) is 17.0. The molecule has 0 aliphatic heterocycles. The normalized spacial score (nSPS) is 13.0. The van der Waals surface area contributed by atoms with Crippen LogP contribution in [0.2, 0.25) is 0 Å². The van der Waals surface area contributed by atoms with Crippen molar-refractivity contribution in [3.63, 3.8) is 0 Å². The van der Waals surface area contributed by atoms with E-state index in [0.717, 1.165) is 27.9 Å². The summed E-state index contributed by atoms with van der Waals surface area (Å²) in [5, 5.41) is 11.7. The average Bonchev–Trinajstić information content (AvgIpc) is 3.05. The van der Waals surface area contributed by atoms with Crippen molar-refractivity contribution < 1.29 is 4.79 Å². The molecule has 1 atom stereocenters. The van der Waals surface area contributed by atoms with E-state index in [0.29, 0.717) is 16.3 Å². The fourth-order valence-electron chi connectivity index (χ4n) is 2.35. The zero-order chi connectivity index (χ0) is 21.4. The Morgan fingerprint density at radius 1 is 1.41 bits per heavy atom. The van der Waals surface area contributed by atoms with Gasteiger partial charge in [0.15, 0.2) is 6.29 Å². The molecular weight excluding hydrogens is 386 g/mol. The molecule has 9 heteroatoms. The Balaban J connectivity index is 2.16. The summed E-state index contributed by atoms with van der Waals surface area (Å²) < 4.78 is 0. The fourth-order valence-corrected chi connectivity index (χ4v) is 3.28. The lowest BCUT2D eigenvalue weighted by molar-refractivity contribution is 0.112. The number of thiophene rings is 1. The number of aliphatic imine (C=N–C) groups is 1. The molecule has 0 bridgehead atoms. The molecule has 2 heterocycles. The van der Waals surface area contributed by atoms with Crippen molar-refractivity contribution in [3.05, 3.63) is 53.8 Å². The van der Waals surface area contributed by atoms with E-state index in [9.17, 15) is 4.79 Å². The number of hydrogen-bond donors (Lipinski definition) is 2. The highest BCUT2D eigenvalue weighted by Crippen LogP contribution is 2.40. The molecule has 0 aliphatic carbocycles. The Morgan fingerprint density at radius 3 is 2.83 bits per heavy atom. The molecule has 2 aromatic heterocycles. The summed E-state index contributed by atoms with van der Waals surface area (Å²) in [4.78, 5) is 23.6. The minimum absolute atomic E-state index is 0.0698. The van der Waals surface area contributed by atoms with Gasteiger partial charge in [0.1, 0.15) is 4.83 Å². The number of nitrogens with one attached hydrogen (secondary N) is 2. The van der Waals surface area contributed by atoms with Crippen molar-refractivity contribution in [2.45, 2.75) is 19.9 Å². The first-order chi connectivity index (χ1) is 13.9. The van der Waals surface area contributed by atoms with E-state index >= 15 is 0 Å². The number of hydrogen-bond acceptors (Lipinski definition) is 7. The molecule has 0 fully saturated rings. The standard InChI is InChI=1S/C20H25N7OS/c1-7-13(2)24-26-25-15(4)10-14(3)22-12-23-19-17(11-28)29-20-18(19)16(27(5)6)8-9-21-20/h7-13H,1,4H2,2-3,5-6H3,(H,22,23)(H,24,25)/b14-10+. The third-order valence-electron chi connectivity index (χ3n) is 3.81. The summed E-state index contributed by atoms with van der Waals surface area (Å²) in [6.45, 7) is 11.2. The molecule has 8 nitrogen and oxygen atoms in total. The van der Waals surface area contributed by atoms with Crippen molar-refractivity contribution in [2.75, 3.05) is 19.0 Å². The molecule has 2 N–H and O–H groups in total. The fraction of sp³-hybridized carbons (Fsp3) is 0.250. The summed E-state index contributed by atoms with van der Waals surface area (Å²) in [6.07, 6.45) is 7.53. The largest absolute Gasteiger partial charge is 0.377 e. The van der Waals surface area contributed by atoms with E-state index in [-0.39, 0.29) is 6.04 Å². The van der Waals surface area contributed by atoms with Gasteiger partial charge in [0.25, 0.3) is 0 Å². The van der Waals surface area contributed by atoms with Gasteiger partial charge in [-0.1, -0.05) is 17.9 Å². The summed E-state index contributed by atoms with van der Waals surface area (Å²) in [5.41, 5.74) is 5.65. The van der Waals surface area contributed by atoms with Crippen LogP contribution in [0.4, 0.5) is 11.4 Å². The third-order valence-corrected chi connectivity index (χ3v) is 4.82. The molecule has 0 spiro atoms. The van der Waals surface area contributed by atoms with E-state index in [1.165, 1.54) is 11.3 Å². The maximum absolute atomic E-state index is 11.5. The second-order valence-corrected chi connectivity index (χ2v) is 7.43. The van der Waals surface area contributed by atoms with Gasteiger partial charge in [0.2, 0.25) is 0 Å². The molecule has 0 radical (unpaired) electrons. The topological polar surface area (TPSA) is 94.3 Å². The number of anilines is 1. The number of carbonyl (C=O) groups excluding carboxylic acids is 1. The number of nitrogens with zero attached hydrogens (tertiary/aromatic N) is 5. The predicted octanol–water partition coefficient (Wildman–Crippen LogP) is 4.37. The molecule has 0 amide bonds. The summed E-state index contributed by atoms with van der Waals surface area (Å²) in [7, 11) is 3.88. The van der Waals surface area contributed by atoms with Crippen LogP contribution >= 0.6 is 11.3 Å². The first-order valence-electron chi connectivity index (χ1n) is 8.86. The van der Waals surface area contributed by atoms with Crippen LogP contribution in [-0.4, -0.2) is 37.7 Å². The number of pyridine rings is 1. The van der Waals surface area contributed by atoms with Crippen LogP contribution in [0.3, 0.4) is 0 Å². The summed E-state index contributed by atoms with van der Waals surface area (Å²) >= 11 is 1.32. The summed E-state index contributed by atoms with van der Waals surface area (Å²) in [6, 6.07) is 1.83. The van der Waals surface area contributed by atoms with Gasteiger partial charge in [-0.2, -0.15) is 5.11 Å². The molecule has 0 saturated heterocycles. The van der Waals surface area contributed by atoms with Crippen molar-refractivity contribution in [2.24, 2.45) is 15.3 Å². The molecule has 0 saturated carbocycles. The molecular formula is C20H25N7OS. The second kappa shape index (κ2) is 10.3. The minimum atomic E-state index is -0.0698. The SMILES string of the molecule is C=CC(C)N=NNC(=C)/C=C(\C)NC=Nc1c(C=O)sc2nccc(N(C)C)c12. The van der Waals surface area contributed by atoms with Crippen LogP contribution in [-0.2, 0) is 0 Å². The molecule has 0 aliphatic rings. The number of rotatable bonds is 10. The maximum Gasteiger partial charge on any atom is 0.162 e. The van der Waals surface area contributed by atoms with E-state index in [2.05, 4.69) is 44.2 Å². The Hall–Kier alpha value is -3.33. The van der Waals surface area contributed by atoms with Gasteiger partial charge in [-0.05, 0) is 26.0 Å². The van der Waals surface area contributed by atoms with Gasteiger partial charge in [-0.15, -0.1) is 17.9 Å². The molecule has 1 unspecified atom stereocenters. The van der Waals surface area contributed by atoms with E-state index in [1.54, 1.807) is 24.7 Å². The Bertz CT molecular complexity index is 988. The lowest BCUT2D eigenvalue weighted by atomic mass is 10.2. The molecule has 152 valence electrons. The molecule has 29 heavy (non-hydrogen) atoms. The van der Waals surface area contributed by atoms with Crippen LogP contribution in [0, 0.1) is 0 Å². The van der Waals surface area contributed by atoms with Gasteiger partial charge < -0.3 is 10.2 Å². The Labute approximate surface area is 174 Å². The van der Waals surface area contributed by atoms with Gasteiger partial charge in [-0.3, -0.25) is 10.2 Å². The number of aromatic nitrogens is 1. The van der Waals surface area contributed by atoms with Crippen LogP contribution in [0.1, 0.15) is 23.5 Å². The van der Waals surface area contributed by atoms with Crippen molar-refractivity contribution >= 4 is 45.6 Å². The molecule has 2 aromatic rings. The first kappa shape index (κ1) is 22.0. The number of fused-ring (bicyclic) bond motifs is 1. The van der Waals surface area contributed by atoms with Gasteiger partial charge >= 0.3 is 0 Å². The maximum atomic E-state index is 11.5. The van der Waals surface area contributed by atoms with E-state index < -0.39 is 0 Å². The molecule has 0 aromatic carbocycles. The van der Waals surface area contributed by atoms with Gasteiger partial charge in [0, 0.05) is 26.0 Å². The smallest absolute Gasteiger partial charge is 0.162 e. The molecule has 2 rings (SSSR count). The number of carbonyl (C=O) groups is 1. The Morgan fingerprint density at radius 2 is 2.17 bits per heavy atom. The first-order valence-corrected chi connectivity index (χ1v) is 9.67. The lowest BCUT2D eigenvalue weighted by Gasteiger charge is -2.13. The van der Waals surface area contributed by atoms with E-state index in [1.807, 2.05) is 38.9 Å². The van der Waals surface area contributed by atoms with Crippen LogP contribution < -0.4 is 15.6 Å². The average molecular weight is 412 g/mol.